The SMILES string of the molecule is CCN(CC)CCCC(C)(C)C(=N)N. The first-order chi connectivity index (χ1) is 6.44. The summed E-state index contributed by atoms with van der Waals surface area (Å²) in [4.78, 5) is 2.40. The zero-order valence-corrected chi connectivity index (χ0v) is 10.1. The fourth-order valence-corrected chi connectivity index (χ4v) is 1.42. The zero-order valence-electron chi connectivity index (χ0n) is 10.1. The molecule has 0 aromatic rings. The van der Waals surface area contributed by atoms with Crippen LogP contribution in [0.15, 0.2) is 0 Å². The third-order valence-corrected chi connectivity index (χ3v) is 2.90. The van der Waals surface area contributed by atoms with Crippen LogP contribution < -0.4 is 5.73 Å². The maximum Gasteiger partial charge on any atom is 0.0963 e. The first-order valence-corrected chi connectivity index (χ1v) is 5.51. The summed E-state index contributed by atoms with van der Waals surface area (Å²) in [6.45, 7) is 11.8. The lowest BCUT2D eigenvalue weighted by atomic mass is 9.86. The van der Waals surface area contributed by atoms with Crippen molar-refractivity contribution in [1.82, 2.24) is 4.90 Å². The van der Waals surface area contributed by atoms with E-state index in [1.54, 1.807) is 0 Å². The molecule has 0 atom stereocenters. The molecule has 0 radical (unpaired) electrons. The standard InChI is InChI=1S/C11H25N3/c1-5-14(6-2)9-7-8-11(3,4)10(12)13/h5-9H2,1-4H3,(H3,12,13). The molecular formula is C11H25N3. The highest BCUT2D eigenvalue weighted by atomic mass is 15.1. The van der Waals surface area contributed by atoms with Gasteiger partial charge in [-0.05, 0) is 32.5 Å². The molecular weight excluding hydrogens is 174 g/mol. The molecule has 14 heavy (non-hydrogen) atoms. The average Bonchev–Trinajstić information content (AvgIpc) is 2.12. The fraction of sp³-hybridized carbons (Fsp3) is 0.909. The van der Waals surface area contributed by atoms with E-state index in [0.29, 0.717) is 5.84 Å². The number of rotatable bonds is 7. The van der Waals surface area contributed by atoms with Gasteiger partial charge < -0.3 is 10.6 Å². The number of hydrogen-bond acceptors (Lipinski definition) is 2. The largest absolute Gasteiger partial charge is 0.387 e. The predicted octanol–water partition coefficient (Wildman–Crippen LogP) is 2.07. The van der Waals surface area contributed by atoms with Crippen LogP contribution in [0.3, 0.4) is 0 Å². The van der Waals surface area contributed by atoms with Crippen molar-refractivity contribution in [3.63, 3.8) is 0 Å². The van der Waals surface area contributed by atoms with Crippen LogP contribution >= 0.6 is 0 Å². The predicted molar refractivity (Wildman–Crippen MR) is 62.7 cm³/mol. The minimum Gasteiger partial charge on any atom is -0.387 e. The molecule has 0 aromatic heterocycles. The monoisotopic (exact) mass is 199 g/mol. The highest BCUT2D eigenvalue weighted by Crippen LogP contribution is 2.21. The van der Waals surface area contributed by atoms with Gasteiger partial charge in [0.05, 0.1) is 5.84 Å². The van der Waals surface area contributed by atoms with E-state index in [1.807, 2.05) is 13.8 Å². The van der Waals surface area contributed by atoms with Crippen LogP contribution in [0, 0.1) is 10.8 Å². The summed E-state index contributed by atoms with van der Waals surface area (Å²) in [6.07, 6.45) is 2.12. The van der Waals surface area contributed by atoms with Crippen molar-refractivity contribution in [3.8, 4) is 0 Å². The van der Waals surface area contributed by atoms with Crippen molar-refractivity contribution in [2.45, 2.75) is 40.5 Å². The quantitative estimate of drug-likeness (QED) is 0.487. The number of nitrogens with zero attached hydrogens (tertiary/aromatic N) is 1. The lowest BCUT2D eigenvalue weighted by Gasteiger charge is -2.25. The van der Waals surface area contributed by atoms with Crippen LogP contribution in [0.5, 0.6) is 0 Å². The number of hydrogen-bond donors (Lipinski definition) is 2. The molecule has 3 nitrogen and oxygen atoms in total. The molecule has 3 N–H and O–H groups in total. The van der Waals surface area contributed by atoms with Gasteiger partial charge in [-0.15, -0.1) is 0 Å². The second-order valence-corrected chi connectivity index (χ2v) is 4.43. The zero-order chi connectivity index (χ0) is 11.2. The lowest BCUT2D eigenvalue weighted by Crippen LogP contribution is -2.32. The molecule has 0 fully saturated rings. The Morgan fingerprint density at radius 1 is 1.29 bits per heavy atom. The topological polar surface area (TPSA) is 53.1 Å². The van der Waals surface area contributed by atoms with E-state index >= 15 is 0 Å². The Hall–Kier alpha value is -0.570. The molecule has 0 aliphatic carbocycles. The van der Waals surface area contributed by atoms with Gasteiger partial charge in [0.1, 0.15) is 0 Å². The van der Waals surface area contributed by atoms with Gasteiger partial charge in [0, 0.05) is 5.41 Å². The van der Waals surface area contributed by atoms with E-state index in [-0.39, 0.29) is 5.41 Å². The molecule has 84 valence electrons. The molecule has 0 amide bonds. The summed E-state index contributed by atoms with van der Waals surface area (Å²) in [6, 6.07) is 0. The van der Waals surface area contributed by atoms with Crippen molar-refractivity contribution in [2.75, 3.05) is 19.6 Å². The van der Waals surface area contributed by atoms with Gasteiger partial charge in [-0.3, -0.25) is 5.41 Å². The summed E-state index contributed by atoms with van der Waals surface area (Å²) in [5.41, 5.74) is 5.39. The maximum atomic E-state index is 7.44. The Labute approximate surface area is 88.2 Å². The fourth-order valence-electron chi connectivity index (χ4n) is 1.42. The maximum absolute atomic E-state index is 7.44. The van der Waals surface area contributed by atoms with Crippen molar-refractivity contribution in [1.29, 1.82) is 5.41 Å². The molecule has 0 heterocycles. The van der Waals surface area contributed by atoms with Crippen LogP contribution in [-0.2, 0) is 0 Å². The van der Waals surface area contributed by atoms with E-state index in [1.165, 1.54) is 0 Å². The van der Waals surface area contributed by atoms with E-state index in [4.69, 9.17) is 11.1 Å². The van der Waals surface area contributed by atoms with Crippen LogP contribution in [-0.4, -0.2) is 30.4 Å². The Morgan fingerprint density at radius 3 is 2.14 bits per heavy atom. The molecule has 0 saturated heterocycles. The highest BCUT2D eigenvalue weighted by molar-refractivity contribution is 5.82. The second-order valence-electron chi connectivity index (χ2n) is 4.43. The molecule has 0 rings (SSSR count). The first-order valence-electron chi connectivity index (χ1n) is 5.51. The van der Waals surface area contributed by atoms with Crippen molar-refractivity contribution < 1.29 is 0 Å². The molecule has 3 heteroatoms. The number of amidine groups is 1. The summed E-state index contributed by atoms with van der Waals surface area (Å²) in [7, 11) is 0. The highest BCUT2D eigenvalue weighted by Gasteiger charge is 2.20. The Kier molecular flexibility index (Phi) is 5.77. The molecule has 0 unspecified atom stereocenters. The van der Waals surface area contributed by atoms with Gasteiger partial charge in [0.15, 0.2) is 0 Å². The van der Waals surface area contributed by atoms with Crippen molar-refractivity contribution >= 4 is 5.84 Å². The molecule has 0 aliphatic heterocycles. The van der Waals surface area contributed by atoms with Gasteiger partial charge in [-0.1, -0.05) is 27.7 Å². The van der Waals surface area contributed by atoms with E-state index < -0.39 is 0 Å². The van der Waals surface area contributed by atoms with E-state index in [9.17, 15) is 0 Å². The van der Waals surface area contributed by atoms with Gasteiger partial charge in [-0.25, -0.2) is 0 Å². The van der Waals surface area contributed by atoms with E-state index in [2.05, 4.69) is 18.7 Å². The summed E-state index contributed by atoms with van der Waals surface area (Å²) < 4.78 is 0. The Balaban J connectivity index is 3.78. The molecule has 0 spiro atoms. The minimum atomic E-state index is -0.132. The number of nitrogens with two attached hydrogens (primary N) is 1. The molecule has 0 bridgehead atoms. The van der Waals surface area contributed by atoms with Gasteiger partial charge in [-0.2, -0.15) is 0 Å². The first kappa shape index (κ1) is 13.4. The molecule has 0 saturated carbocycles. The van der Waals surface area contributed by atoms with Crippen LogP contribution in [0.4, 0.5) is 0 Å². The minimum absolute atomic E-state index is 0.132. The van der Waals surface area contributed by atoms with E-state index in [0.717, 1.165) is 32.5 Å². The average molecular weight is 199 g/mol. The summed E-state index contributed by atoms with van der Waals surface area (Å²) in [5, 5.41) is 7.44. The van der Waals surface area contributed by atoms with Gasteiger partial charge >= 0.3 is 0 Å². The third kappa shape index (κ3) is 4.61. The smallest absolute Gasteiger partial charge is 0.0963 e. The Bertz CT molecular complexity index is 171. The van der Waals surface area contributed by atoms with Crippen LogP contribution in [0.2, 0.25) is 0 Å². The third-order valence-electron chi connectivity index (χ3n) is 2.90. The molecule has 0 aromatic carbocycles. The van der Waals surface area contributed by atoms with Crippen molar-refractivity contribution in [2.24, 2.45) is 11.1 Å². The summed E-state index contributed by atoms with van der Waals surface area (Å²) in [5.74, 6) is 0.303. The number of nitrogens with one attached hydrogen (secondary N) is 1. The van der Waals surface area contributed by atoms with Gasteiger partial charge in [0.2, 0.25) is 0 Å². The Morgan fingerprint density at radius 2 is 1.79 bits per heavy atom. The molecule has 0 aliphatic rings. The lowest BCUT2D eigenvalue weighted by molar-refractivity contribution is 0.282. The summed E-state index contributed by atoms with van der Waals surface area (Å²) >= 11 is 0. The normalized spacial score (nSPS) is 12.1. The van der Waals surface area contributed by atoms with Crippen LogP contribution in [0.25, 0.3) is 0 Å². The second kappa shape index (κ2) is 6.02. The van der Waals surface area contributed by atoms with Crippen LogP contribution in [0.1, 0.15) is 40.5 Å². The van der Waals surface area contributed by atoms with Gasteiger partial charge in [0.25, 0.3) is 0 Å². The van der Waals surface area contributed by atoms with Crippen molar-refractivity contribution in [3.05, 3.63) is 0 Å².